The third kappa shape index (κ3) is 29.0. The average Bonchev–Trinajstić information content (AvgIpc) is 4.04. The zero-order valence-electron chi connectivity index (χ0n) is 42.6. The molecule has 2 saturated heterocycles. The molecule has 21 heteroatoms. The Hall–Kier alpha value is -4.10. The Morgan fingerprint density at radius 2 is 1.27 bits per heavy atom. The van der Waals surface area contributed by atoms with Crippen molar-refractivity contribution < 1.29 is 71.0 Å². The topological polar surface area (TPSA) is 278 Å². The van der Waals surface area contributed by atoms with Gasteiger partial charge in [0.1, 0.15) is 30.7 Å². The Morgan fingerprint density at radius 1 is 0.699 bits per heavy atom. The lowest BCUT2D eigenvalue weighted by Crippen LogP contribution is -2.36. The van der Waals surface area contributed by atoms with Gasteiger partial charge in [0.05, 0.1) is 25.4 Å². The van der Waals surface area contributed by atoms with E-state index in [1.807, 2.05) is 0 Å². The summed E-state index contributed by atoms with van der Waals surface area (Å²) in [6, 6.07) is 1.24. The van der Waals surface area contributed by atoms with Crippen molar-refractivity contribution in [2.75, 3.05) is 25.6 Å². The van der Waals surface area contributed by atoms with E-state index in [1.54, 1.807) is 0 Å². The van der Waals surface area contributed by atoms with Crippen molar-refractivity contribution in [1.29, 1.82) is 0 Å². The van der Waals surface area contributed by atoms with Crippen molar-refractivity contribution in [2.24, 2.45) is 0 Å². The van der Waals surface area contributed by atoms with Gasteiger partial charge >= 0.3 is 33.3 Å². The molecule has 0 spiro atoms. The SMILES string of the molecule is CC/C=C\C/C=C\C/C=C\C/C=C\CCCCCCC(=O)OC[C@H](COP(=O)(O)OP(=O)(O)OC[C@H]1O[C@@H](n2ccc(N)nc2=O)[C@H](O)[C@@H]1O)OC(=O)CCCC1OC1C/C=C\C/C=C\C/C=C\CCCCC. The normalized spacial score (nSPS) is 22.4. The number of ether oxygens (including phenoxy) is 4. The number of nitrogens with two attached hydrogens (primary N) is 1. The van der Waals surface area contributed by atoms with Crippen LogP contribution in [0.15, 0.2) is 102 Å². The number of aliphatic hydroxyl groups excluding tert-OH is 2. The molecule has 410 valence electrons. The number of nitrogens with zero attached hydrogens (tertiary/aromatic N) is 2. The van der Waals surface area contributed by atoms with Crippen LogP contribution in [0.25, 0.3) is 0 Å². The molecule has 2 aliphatic heterocycles. The molecular weight excluding hydrogens is 985 g/mol. The van der Waals surface area contributed by atoms with Gasteiger partial charge in [-0.1, -0.05) is 125 Å². The maximum absolute atomic E-state index is 12.9. The van der Waals surface area contributed by atoms with E-state index in [2.05, 4.69) is 108 Å². The third-order valence-corrected chi connectivity index (χ3v) is 14.0. The summed E-state index contributed by atoms with van der Waals surface area (Å²) in [5, 5.41) is 20.9. The first-order valence-corrected chi connectivity index (χ1v) is 28.7. The van der Waals surface area contributed by atoms with Crippen molar-refractivity contribution in [1.82, 2.24) is 9.55 Å². The number of hydrogen-bond acceptors (Lipinski definition) is 16. The number of hydrogen-bond donors (Lipinski definition) is 5. The van der Waals surface area contributed by atoms with Crippen molar-refractivity contribution in [2.45, 2.75) is 185 Å². The molecule has 73 heavy (non-hydrogen) atoms. The van der Waals surface area contributed by atoms with Crippen LogP contribution in [0.3, 0.4) is 0 Å². The smallest absolute Gasteiger partial charge is 0.462 e. The number of carbonyl (C=O) groups excluding carboxylic acids is 2. The second-order valence-electron chi connectivity index (χ2n) is 17.7. The highest BCUT2D eigenvalue weighted by molar-refractivity contribution is 7.61. The lowest BCUT2D eigenvalue weighted by Gasteiger charge is -2.21. The highest BCUT2D eigenvalue weighted by Gasteiger charge is 2.46. The van der Waals surface area contributed by atoms with Gasteiger partial charge in [-0.25, -0.2) is 13.9 Å². The second kappa shape index (κ2) is 36.8. The summed E-state index contributed by atoms with van der Waals surface area (Å²) < 4.78 is 62.6. The van der Waals surface area contributed by atoms with Crippen molar-refractivity contribution in [3.05, 3.63) is 108 Å². The summed E-state index contributed by atoms with van der Waals surface area (Å²) in [6.07, 6.45) is 39.6. The van der Waals surface area contributed by atoms with Crippen LogP contribution in [-0.4, -0.2) is 97.9 Å². The van der Waals surface area contributed by atoms with Gasteiger partial charge in [0.2, 0.25) is 0 Å². The Morgan fingerprint density at radius 3 is 1.90 bits per heavy atom. The van der Waals surface area contributed by atoms with Crippen molar-refractivity contribution >= 4 is 33.4 Å². The fourth-order valence-corrected chi connectivity index (χ4v) is 9.44. The van der Waals surface area contributed by atoms with Crippen LogP contribution < -0.4 is 11.4 Å². The van der Waals surface area contributed by atoms with E-state index in [4.69, 9.17) is 33.7 Å². The largest absolute Gasteiger partial charge is 0.481 e. The predicted octanol–water partition coefficient (Wildman–Crippen LogP) is 9.65. The molecule has 2 aliphatic rings. The number of rotatable bonds is 40. The van der Waals surface area contributed by atoms with Gasteiger partial charge in [0, 0.05) is 19.0 Å². The molecule has 1 aromatic heterocycles. The van der Waals surface area contributed by atoms with Gasteiger partial charge in [-0.05, 0) is 96.0 Å². The summed E-state index contributed by atoms with van der Waals surface area (Å²) in [6.45, 7) is 1.91. The lowest BCUT2D eigenvalue weighted by molar-refractivity contribution is -0.161. The van der Waals surface area contributed by atoms with Crippen LogP contribution >= 0.6 is 15.6 Å². The number of esters is 2. The number of allylic oxidation sites excluding steroid dienone is 13. The van der Waals surface area contributed by atoms with Crippen LogP contribution in [0.4, 0.5) is 5.82 Å². The summed E-state index contributed by atoms with van der Waals surface area (Å²) in [5.41, 5.74) is 4.58. The van der Waals surface area contributed by atoms with E-state index in [1.165, 1.54) is 25.3 Å². The molecule has 3 rings (SSSR count). The molecule has 0 amide bonds. The Labute approximate surface area is 431 Å². The molecule has 2 fully saturated rings. The summed E-state index contributed by atoms with van der Waals surface area (Å²) in [4.78, 5) is 62.1. The summed E-state index contributed by atoms with van der Waals surface area (Å²) in [5.74, 6) is -1.41. The molecule has 0 aliphatic carbocycles. The summed E-state index contributed by atoms with van der Waals surface area (Å²) in [7, 11) is -10.9. The number of aromatic nitrogens is 2. The first kappa shape index (κ1) is 63.2. The Bertz CT molecular complexity index is 2120. The summed E-state index contributed by atoms with van der Waals surface area (Å²) >= 11 is 0. The standard InChI is InChI=1S/C52H81N3O16P2/c1-3-5-7-9-11-13-15-17-18-19-20-21-23-25-27-29-31-35-47(56)65-39-42(68-48(57)36-32-34-44-43(69-44)33-30-28-26-24-22-16-14-12-10-8-6-4-2)40-66-72(61,62)71-73(63,64)67-41-45-49(58)50(59)51(70-45)55-38-37-46(53)54-52(55)60/h5,7,11-14,17-18,20-22,24,28,30,37-38,42-45,49-51,58-59H,3-4,6,8-10,15-16,19,23,25-27,29,31-36,39-41H2,1-2H3,(H,61,62)(H,63,64)(H2,53,54,60)/b7-5-,13-11-,14-12-,18-17-,21-20-,24-22-,30-28-/t42-,43?,44?,45-,49-,50-,51-/m1/s1. The number of carbonyl (C=O) groups is 2. The number of phosphoric acid groups is 2. The fraction of sp³-hybridized carbons (Fsp3) is 0.615. The maximum Gasteiger partial charge on any atom is 0.481 e. The molecule has 9 atom stereocenters. The van der Waals surface area contributed by atoms with Crippen LogP contribution in [-0.2, 0) is 51.0 Å². The fourth-order valence-electron chi connectivity index (χ4n) is 7.33. The number of phosphoric ester groups is 2. The molecular formula is C52H81N3O16P2. The van der Waals surface area contributed by atoms with Gasteiger partial charge in [-0.3, -0.25) is 23.2 Å². The van der Waals surface area contributed by atoms with Crippen molar-refractivity contribution in [3.8, 4) is 0 Å². The molecule has 0 aromatic carbocycles. The zero-order valence-corrected chi connectivity index (χ0v) is 44.4. The van der Waals surface area contributed by atoms with E-state index < -0.39 is 83.7 Å². The molecule has 0 radical (unpaired) electrons. The monoisotopic (exact) mass is 1070 g/mol. The van der Waals surface area contributed by atoms with Gasteiger partial charge in [0.25, 0.3) is 0 Å². The number of epoxide rings is 1. The minimum atomic E-state index is -5.45. The van der Waals surface area contributed by atoms with Crippen LogP contribution in [0, 0.1) is 0 Å². The quantitative estimate of drug-likeness (QED) is 0.0134. The van der Waals surface area contributed by atoms with Crippen molar-refractivity contribution in [3.63, 3.8) is 0 Å². The number of anilines is 1. The molecule has 0 saturated carbocycles. The molecule has 19 nitrogen and oxygen atoms in total. The van der Waals surface area contributed by atoms with E-state index >= 15 is 0 Å². The van der Waals surface area contributed by atoms with Crippen LogP contribution in [0.5, 0.6) is 0 Å². The van der Waals surface area contributed by atoms with Gasteiger partial charge in [0.15, 0.2) is 12.3 Å². The van der Waals surface area contributed by atoms with Gasteiger partial charge in [-0.2, -0.15) is 9.29 Å². The number of unbranched alkanes of at least 4 members (excludes halogenated alkanes) is 7. The second-order valence-corrected chi connectivity index (χ2v) is 20.7. The average molecular weight is 1070 g/mol. The van der Waals surface area contributed by atoms with E-state index in [9.17, 15) is 43.5 Å². The molecule has 0 bridgehead atoms. The maximum atomic E-state index is 12.9. The number of aliphatic hydroxyl groups is 2. The minimum Gasteiger partial charge on any atom is -0.462 e. The minimum absolute atomic E-state index is 0.0138. The first-order chi connectivity index (χ1) is 35.1. The molecule has 6 N–H and O–H groups in total. The zero-order chi connectivity index (χ0) is 53.2. The van der Waals surface area contributed by atoms with Gasteiger partial charge in [-0.15, -0.1) is 0 Å². The Balaban J connectivity index is 1.43. The number of nitrogen functional groups attached to an aromatic ring is 1. The van der Waals surface area contributed by atoms with E-state index in [-0.39, 0.29) is 30.9 Å². The third-order valence-electron chi connectivity index (χ3n) is 11.4. The molecule has 3 heterocycles. The van der Waals surface area contributed by atoms with Crippen LogP contribution in [0.1, 0.15) is 148 Å². The van der Waals surface area contributed by atoms with E-state index in [0.29, 0.717) is 19.3 Å². The molecule has 1 aromatic rings. The highest BCUT2D eigenvalue weighted by Crippen LogP contribution is 2.60. The first-order valence-electron chi connectivity index (χ1n) is 25.7. The predicted molar refractivity (Wildman–Crippen MR) is 279 cm³/mol. The van der Waals surface area contributed by atoms with Crippen LogP contribution in [0.2, 0.25) is 0 Å². The molecule has 4 unspecified atom stereocenters. The Kier molecular flexibility index (Phi) is 31.8. The lowest BCUT2D eigenvalue weighted by atomic mass is 10.1. The van der Waals surface area contributed by atoms with Gasteiger partial charge < -0.3 is 44.7 Å². The van der Waals surface area contributed by atoms with E-state index in [0.717, 1.165) is 87.8 Å². The highest BCUT2D eigenvalue weighted by atomic mass is 31.3.